The number of rotatable bonds is 2. The van der Waals surface area contributed by atoms with Gasteiger partial charge in [-0.15, -0.1) is 0 Å². The molecule has 0 spiro atoms. The van der Waals surface area contributed by atoms with Crippen LogP contribution in [0.15, 0.2) is 4.99 Å². The molecule has 2 N–H and O–H groups in total. The van der Waals surface area contributed by atoms with Crippen molar-refractivity contribution < 1.29 is 0 Å². The quantitative estimate of drug-likeness (QED) is 0.527. The number of nitrogens with two attached hydrogens (primary N) is 1. The molecular formula is C12H20N2. The highest BCUT2D eigenvalue weighted by molar-refractivity contribution is 5.82. The minimum atomic E-state index is 0.425. The number of nitrogens with zero attached hydrogens (tertiary/aromatic N) is 1. The Morgan fingerprint density at radius 1 is 1.21 bits per heavy atom. The van der Waals surface area contributed by atoms with E-state index in [-0.39, 0.29) is 0 Å². The average molecular weight is 192 g/mol. The van der Waals surface area contributed by atoms with Crippen molar-refractivity contribution in [2.45, 2.75) is 39.2 Å². The summed E-state index contributed by atoms with van der Waals surface area (Å²) in [5.74, 6) is 5.20. The fourth-order valence-electron chi connectivity index (χ4n) is 3.77. The van der Waals surface area contributed by atoms with Gasteiger partial charge in [0, 0.05) is 5.92 Å². The molecule has 3 aliphatic carbocycles. The zero-order valence-corrected chi connectivity index (χ0v) is 9.11. The molecule has 0 radical (unpaired) electrons. The van der Waals surface area contributed by atoms with Gasteiger partial charge in [-0.25, -0.2) is 0 Å². The molecule has 2 nitrogen and oxygen atoms in total. The molecular weight excluding hydrogens is 172 g/mol. The van der Waals surface area contributed by atoms with Gasteiger partial charge in [0.15, 0.2) is 0 Å². The average Bonchev–Trinajstić information content (AvgIpc) is 2.59. The normalized spacial score (nSPS) is 49.9. The van der Waals surface area contributed by atoms with Crippen LogP contribution in [0.3, 0.4) is 0 Å². The summed E-state index contributed by atoms with van der Waals surface area (Å²) in [5, 5.41) is 0. The van der Waals surface area contributed by atoms with Crippen molar-refractivity contribution in [3.05, 3.63) is 0 Å². The number of fused-ring (bicyclic) bond motifs is 5. The van der Waals surface area contributed by atoms with Gasteiger partial charge in [-0.2, -0.15) is 0 Å². The minimum Gasteiger partial charge on any atom is -0.387 e. The van der Waals surface area contributed by atoms with Crippen LogP contribution in [0.2, 0.25) is 0 Å². The third-order valence-electron chi connectivity index (χ3n) is 4.58. The third kappa shape index (κ3) is 1.06. The predicted octanol–water partition coefficient (Wildman–Crippen LogP) is 2.04. The molecule has 3 fully saturated rings. The smallest absolute Gasteiger partial charge is 0.0966 e. The van der Waals surface area contributed by atoms with Gasteiger partial charge in [0.1, 0.15) is 0 Å². The lowest BCUT2D eigenvalue weighted by molar-refractivity contribution is 0.456. The summed E-state index contributed by atoms with van der Waals surface area (Å²) < 4.78 is 0. The second-order valence-corrected chi connectivity index (χ2v) is 5.69. The van der Waals surface area contributed by atoms with Crippen LogP contribution < -0.4 is 5.73 Å². The van der Waals surface area contributed by atoms with Gasteiger partial charge < -0.3 is 5.73 Å². The Bertz CT molecular complexity index is 266. The fourth-order valence-corrected chi connectivity index (χ4v) is 3.77. The van der Waals surface area contributed by atoms with E-state index in [1.807, 2.05) is 0 Å². The van der Waals surface area contributed by atoms with Crippen LogP contribution in [0, 0.1) is 29.6 Å². The van der Waals surface area contributed by atoms with Gasteiger partial charge in [-0.3, -0.25) is 4.99 Å². The fraction of sp³-hybridized carbons (Fsp3) is 0.917. The molecule has 4 atom stereocenters. The highest BCUT2D eigenvalue weighted by Gasteiger charge is 2.65. The van der Waals surface area contributed by atoms with Crippen molar-refractivity contribution in [3.63, 3.8) is 0 Å². The first-order chi connectivity index (χ1) is 6.68. The summed E-state index contributed by atoms with van der Waals surface area (Å²) in [7, 11) is 0. The van der Waals surface area contributed by atoms with Crippen molar-refractivity contribution in [1.29, 1.82) is 0 Å². The van der Waals surface area contributed by atoms with Gasteiger partial charge in [-0.1, -0.05) is 13.8 Å². The van der Waals surface area contributed by atoms with E-state index in [0.29, 0.717) is 12.0 Å². The largest absolute Gasteiger partial charge is 0.387 e. The standard InChI is InChI=1S/C12H20N2/c1-6(2)12(13)14-11-9-7-3-4-8(5-7)10(9)11/h6-11H,3-5H2,1-2H3,(H2,13,14). The van der Waals surface area contributed by atoms with Gasteiger partial charge in [0.2, 0.25) is 0 Å². The maximum atomic E-state index is 5.92. The second-order valence-electron chi connectivity index (χ2n) is 5.69. The number of amidine groups is 1. The summed E-state index contributed by atoms with van der Waals surface area (Å²) in [4.78, 5) is 4.71. The van der Waals surface area contributed by atoms with E-state index in [9.17, 15) is 0 Å². The van der Waals surface area contributed by atoms with E-state index in [0.717, 1.165) is 29.5 Å². The molecule has 0 heterocycles. The lowest BCUT2D eigenvalue weighted by Gasteiger charge is -2.07. The van der Waals surface area contributed by atoms with E-state index in [4.69, 9.17) is 10.7 Å². The molecule has 0 aliphatic heterocycles. The Morgan fingerprint density at radius 2 is 1.79 bits per heavy atom. The van der Waals surface area contributed by atoms with Crippen molar-refractivity contribution in [1.82, 2.24) is 0 Å². The first-order valence-electron chi connectivity index (χ1n) is 6.01. The first kappa shape index (κ1) is 8.75. The number of aliphatic imine (C=N–C) groups is 1. The third-order valence-corrected chi connectivity index (χ3v) is 4.58. The highest BCUT2D eigenvalue weighted by Crippen LogP contribution is 2.66. The summed E-state index contributed by atoms with van der Waals surface area (Å²) >= 11 is 0. The molecule has 3 aliphatic rings. The van der Waals surface area contributed by atoms with Crippen LogP contribution in [0.1, 0.15) is 33.1 Å². The molecule has 78 valence electrons. The molecule has 3 saturated carbocycles. The Hall–Kier alpha value is -0.530. The molecule has 14 heavy (non-hydrogen) atoms. The van der Waals surface area contributed by atoms with E-state index in [2.05, 4.69) is 13.8 Å². The topological polar surface area (TPSA) is 38.4 Å². The van der Waals surface area contributed by atoms with Crippen molar-refractivity contribution in [2.24, 2.45) is 40.3 Å². The van der Waals surface area contributed by atoms with Crippen LogP contribution >= 0.6 is 0 Å². The second kappa shape index (κ2) is 2.74. The number of hydrogen-bond acceptors (Lipinski definition) is 1. The molecule has 4 unspecified atom stereocenters. The lowest BCUT2D eigenvalue weighted by Crippen LogP contribution is -2.20. The van der Waals surface area contributed by atoms with Gasteiger partial charge >= 0.3 is 0 Å². The molecule has 0 aromatic rings. The Morgan fingerprint density at radius 3 is 2.29 bits per heavy atom. The van der Waals surface area contributed by atoms with Crippen LogP contribution in [0.5, 0.6) is 0 Å². The van der Waals surface area contributed by atoms with E-state index < -0.39 is 0 Å². The summed E-state index contributed by atoms with van der Waals surface area (Å²) in [6, 6.07) is 0.628. The molecule has 2 heteroatoms. The van der Waals surface area contributed by atoms with E-state index in [1.165, 1.54) is 19.3 Å². The lowest BCUT2D eigenvalue weighted by atomic mass is 10.0. The summed E-state index contributed by atoms with van der Waals surface area (Å²) in [5.41, 5.74) is 5.92. The van der Waals surface area contributed by atoms with Crippen LogP contribution in [0.4, 0.5) is 0 Å². The van der Waals surface area contributed by atoms with Gasteiger partial charge in [0.05, 0.1) is 11.9 Å². The van der Waals surface area contributed by atoms with Crippen molar-refractivity contribution in [3.8, 4) is 0 Å². The summed E-state index contributed by atoms with van der Waals surface area (Å²) in [6.07, 6.45) is 4.45. The molecule has 3 rings (SSSR count). The minimum absolute atomic E-state index is 0.425. The monoisotopic (exact) mass is 192 g/mol. The predicted molar refractivity (Wildman–Crippen MR) is 58.1 cm³/mol. The van der Waals surface area contributed by atoms with Crippen molar-refractivity contribution in [2.75, 3.05) is 0 Å². The van der Waals surface area contributed by atoms with Crippen LogP contribution in [0.25, 0.3) is 0 Å². The number of hydrogen-bond donors (Lipinski definition) is 1. The van der Waals surface area contributed by atoms with Crippen molar-refractivity contribution >= 4 is 5.84 Å². The highest BCUT2D eigenvalue weighted by atomic mass is 15.0. The Labute approximate surface area is 86.0 Å². The van der Waals surface area contributed by atoms with Crippen LogP contribution in [-0.4, -0.2) is 11.9 Å². The molecule has 2 bridgehead atoms. The zero-order valence-electron chi connectivity index (χ0n) is 9.11. The molecule has 0 aromatic carbocycles. The van der Waals surface area contributed by atoms with E-state index >= 15 is 0 Å². The van der Waals surface area contributed by atoms with E-state index in [1.54, 1.807) is 0 Å². The van der Waals surface area contributed by atoms with Gasteiger partial charge in [-0.05, 0) is 42.9 Å². The first-order valence-corrected chi connectivity index (χ1v) is 6.01. The summed E-state index contributed by atoms with van der Waals surface area (Å²) in [6.45, 7) is 4.26. The zero-order chi connectivity index (χ0) is 9.87. The molecule has 0 amide bonds. The maximum Gasteiger partial charge on any atom is 0.0966 e. The Balaban J connectivity index is 1.72. The molecule has 0 aromatic heterocycles. The van der Waals surface area contributed by atoms with Gasteiger partial charge in [0.25, 0.3) is 0 Å². The molecule has 0 saturated heterocycles. The maximum absolute atomic E-state index is 5.92. The van der Waals surface area contributed by atoms with Crippen LogP contribution in [-0.2, 0) is 0 Å². The Kier molecular flexibility index (Phi) is 1.71. The SMILES string of the molecule is CC(C)C(N)=NC1C2C3CCC(C3)C12.